The average Bonchev–Trinajstić information content (AvgIpc) is 2.48. The molecular formula is C15H13ClFNO3. The largest absolute Gasteiger partial charge is 0.496 e. The van der Waals surface area contributed by atoms with E-state index >= 15 is 0 Å². The molecular weight excluding hydrogens is 297 g/mol. The summed E-state index contributed by atoms with van der Waals surface area (Å²) in [5.74, 6) is -0.854. The van der Waals surface area contributed by atoms with Gasteiger partial charge >= 0.3 is 5.97 Å². The second-order valence-corrected chi connectivity index (χ2v) is 4.63. The van der Waals surface area contributed by atoms with Gasteiger partial charge < -0.3 is 15.2 Å². The topological polar surface area (TPSA) is 61.5 Å². The molecule has 6 heteroatoms. The number of hydrogen-bond acceptors (Lipinski definition) is 4. The van der Waals surface area contributed by atoms with E-state index in [1.165, 1.54) is 31.4 Å². The van der Waals surface area contributed by atoms with Gasteiger partial charge in [0.25, 0.3) is 0 Å². The highest BCUT2D eigenvalue weighted by Gasteiger charge is 2.15. The first-order chi connectivity index (χ1) is 10.0. The molecule has 0 spiro atoms. The van der Waals surface area contributed by atoms with E-state index < -0.39 is 11.8 Å². The predicted molar refractivity (Wildman–Crippen MR) is 77.9 cm³/mol. The molecule has 2 N–H and O–H groups in total. The van der Waals surface area contributed by atoms with E-state index in [0.717, 1.165) is 0 Å². The number of carbonyl (C=O) groups excluding carboxylic acids is 1. The van der Waals surface area contributed by atoms with Gasteiger partial charge in [0, 0.05) is 17.3 Å². The molecule has 0 aliphatic carbocycles. The van der Waals surface area contributed by atoms with E-state index in [1.54, 1.807) is 12.1 Å². The van der Waals surface area contributed by atoms with Crippen molar-refractivity contribution in [2.45, 2.75) is 6.61 Å². The van der Waals surface area contributed by atoms with Crippen LogP contribution in [0.5, 0.6) is 5.75 Å². The maximum absolute atomic E-state index is 13.3. The summed E-state index contributed by atoms with van der Waals surface area (Å²) < 4.78 is 23.5. The maximum atomic E-state index is 13.3. The van der Waals surface area contributed by atoms with Crippen molar-refractivity contribution >= 4 is 23.3 Å². The molecule has 0 unspecified atom stereocenters. The Hall–Kier alpha value is -2.27. The van der Waals surface area contributed by atoms with Crippen LogP contribution in [0.3, 0.4) is 0 Å². The number of rotatable bonds is 4. The number of hydrogen-bond donors (Lipinski definition) is 1. The number of nitrogens with two attached hydrogens (primary N) is 1. The molecule has 2 aromatic carbocycles. The molecule has 4 nitrogen and oxygen atoms in total. The van der Waals surface area contributed by atoms with Gasteiger partial charge in [-0.3, -0.25) is 0 Å². The molecule has 0 bridgehead atoms. The van der Waals surface area contributed by atoms with Crippen molar-refractivity contribution in [3.8, 4) is 5.75 Å². The van der Waals surface area contributed by atoms with Gasteiger partial charge in [-0.15, -0.1) is 0 Å². The van der Waals surface area contributed by atoms with Crippen molar-refractivity contribution in [1.29, 1.82) is 0 Å². The third-order valence-corrected chi connectivity index (χ3v) is 3.26. The molecule has 0 radical (unpaired) electrons. The molecule has 0 amide bonds. The van der Waals surface area contributed by atoms with Crippen LogP contribution in [-0.2, 0) is 11.3 Å². The summed E-state index contributed by atoms with van der Waals surface area (Å²) in [4.78, 5) is 12.0. The molecule has 0 heterocycles. The smallest absolute Gasteiger partial charge is 0.342 e. The number of benzene rings is 2. The van der Waals surface area contributed by atoms with Gasteiger partial charge in [-0.25, -0.2) is 9.18 Å². The van der Waals surface area contributed by atoms with Crippen LogP contribution in [0.2, 0.25) is 5.02 Å². The van der Waals surface area contributed by atoms with Gasteiger partial charge in [0.2, 0.25) is 0 Å². The number of esters is 1. The Bertz CT molecular complexity index is 676. The number of ether oxygens (including phenoxy) is 2. The first kappa shape index (κ1) is 15.1. The van der Waals surface area contributed by atoms with E-state index in [0.29, 0.717) is 17.0 Å². The third-order valence-electron chi connectivity index (χ3n) is 2.84. The Morgan fingerprint density at radius 2 is 2.10 bits per heavy atom. The number of methoxy groups -OCH3 is 1. The molecule has 0 fully saturated rings. The lowest BCUT2D eigenvalue weighted by atomic mass is 10.2. The second kappa shape index (κ2) is 6.45. The van der Waals surface area contributed by atoms with Crippen LogP contribution in [0.4, 0.5) is 10.1 Å². The van der Waals surface area contributed by atoms with Crippen LogP contribution >= 0.6 is 11.6 Å². The predicted octanol–water partition coefficient (Wildman–Crippen LogP) is 3.43. The summed E-state index contributed by atoms with van der Waals surface area (Å²) >= 11 is 5.79. The highest BCUT2D eigenvalue weighted by Crippen LogP contribution is 2.24. The highest BCUT2D eigenvalue weighted by molar-refractivity contribution is 6.31. The minimum Gasteiger partial charge on any atom is -0.496 e. The summed E-state index contributed by atoms with van der Waals surface area (Å²) in [6, 6.07) is 8.90. The van der Waals surface area contributed by atoms with Gasteiger partial charge in [-0.2, -0.15) is 0 Å². The Morgan fingerprint density at radius 3 is 2.81 bits per heavy atom. The first-order valence-corrected chi connectivity index (χ1v) is 6.44. The molecule has 0 aliphatic rings. The zero-order chi connectivity index (χ0) is 15.4. The lowest BCUT2D eigenvalue weighted by Gasteiger charge is -2.10. The van der Waals surface area contributed by atoms with E-state index in [2.05, 4.69) is 0 Å². The van der Waals surface area contributed by atoms with Crippen molar-refractivity contribution in [3.05, 3.63) is 58.4 Å². The van der Waals surface area contributed by atoms with E-state index in [-0.39, 0.29) is 17.2 Å². The summed E-state index contributed by atoms with van der Waals surface area (Å²) in [5.41, 5.74) is 6.71. The van der Waals surface area contributed by atoms with Gasteiger partial charge in [-0.1, -0.05) is 23.7 Å². The summed E-state index contributed by atoms with van der Waals surface area (Å²) in [5, 5.41) is -0.0606. The van der Waals surface area contributed by atoms with Gasteiger partial charge in [0.1, 0.15) is 23.7 Å². The van der Waals surface area contributed by atoms with Crippen molar-refractivity contribution in [2.75, 3.05) is 12.8 Å². The first-order valence-electron chi connectivity index (χ1n) is 6.06. The molecule has 0 saturated carbocycles. The molecule has 2 rings (SSSR count). The second-order valence-electron chi connectivity index (χ2n) is 4.25. The monoisotopic (exact) mass is 309 g/mol. The number of carbonyl (C=O) groups is 1. The normalized spacial score (nSPS) is 10.2. The summed E-state index contributed by atoms with van der Waals surface area (Å²) in [7, 11) is 1.43. The van der Waals surface area contributed by atoms with Crippen molar-refractivity contribution < 1.29 is 18.7 Å². The Labute approximate surface area is 126 Å². The number of nitrogen functional groups attached to an aromatic ring is 1. The molecule has 110 valence electrons. The van der Waals surface area contributed by atoms with Crippen LogP contribution in [0.15, 0.2) is 36.4 Å². The molecule has 0 aliphatic heterocycles. The minimum atomic E-state index is -0.604. The lowest BCUT2D eigenvalue weighted by molar-refractivity contribution is 0.0469. The van der Waals surface area contributed by atoms with Crippen LogP contribution in [-0.4, -0.2) is 13.1 Å². The van der Waals surface area contributed by atoms with E-state index in [1.807, 2.05) is 0 Å². The zero-order valence-electron chi connectivity index (χ0n) is 11.2. The molecule has 0 saturated heterocycles. The number of anilines is 1. The minimum absolute atomic E-state index is 0.0606. The summed E-state index contributed by atoms with van der Waals surface area (Å²) in [6.45, 7) is -0.136. The number of halogens is 2. The van der Waals surface area contributed by atoms with Crippen molar-refractivity contribution in [1.82, 2.24) is 0 Å². The molecule has 2 aromatic rings. The molecule has 21 heavy (non-hydrogen) atoms. The zero-order valence-corrected chi connectivity index (χ0v) is 12.0. The van der Waals surface area contributed by atoms with Crippen molar-refractivity contribution in [3.63, 3.8) is 0 Å². The third kappa shape index (κ3) is 3.44. The maximum Gasteiger partial charge on any atom is 0.342 e. The summed E-state index contributed by atoms with van der Waals surface area (Å²) in [6.07, 6.45) is 0. The molecule has 0 atom stereocenters. The fourth-order valence-corrected chi connectivity index (χ4v) is 1.94. The fraction of sp³-hybridized carbons (Fsp3) is 0.133. The quantitative estimate of drug-likeness (QED) is 0.694. The Morgan fingerprint density at radius 1 is 1.33 bits per heavy atom. The van der Waals surface area contributed by atoms with Crippen LogP contribution < -0.4 is 10.5 Å². The SMILES string of the molecule is COc1cc(N)ccc1C(=O)OCc1cccc(F)c1Cl. The van der Waals surface area contributed by atoms with Gasteiger partial charge in [0.05, 0.1) is 12.1 Å². The van der Waals surface area contributed by atoms with Gasteiger partial charge in [-0.05, 0) is 18.2 Å². The average molecular weight is 310 g/mol. The van der Waals surface area contributed by atoms with Gasteiger partial charge in [0.15, 0.2) is 0 Å². The van der Waals surface area contributed by atoms with Crippen LogP contribution in [0.25, 0.3) is 0 Å². The van der Waals surface area contributed by atoms with E-state index in [9.17, 15) is 9.18 Å². The fourth-order valence-electron chi connectivity index (χ4n) is 1.76. The lowest BCUT2D eigenvalue weighted by Crippen LogP contribution is -2.08. The Balaban J connectivity index is 2.14. The molecule has 0 aromatic heterocycles. The Kier molecular flexibility index (Phi) is 4.65. The van der Waals surface area contributed by atoms with E-state index in [4.69, 9.17) is 26.8 Å². The highest BCUT2D eigenvalue weighted by atomic mass is 35.5. The standard InChI is InChI=1S/C15H13ClFNO3/c1-20-13-7-10(18)5-6-11(13)15(19)21-8-9-3-2-4-12(17)14(9)16/h2-7H,8,18H2,1H3. The van der Waals surface area contributed by atoms with Crippen LogP contribution in [0.1, 0.15) is 15.9 Å². The van der Waals surface area contributed by atoms with Crippen LogP contribution in [0, 0.1) is 5.82 Å². The van der Waals surface area contributed by atoms with Crippen molar-refractivity contribution in [2.24, 2.45) is 0 Å².